The standard InChI is InChI=1S/C13H23O5P/c1-2-3-4-5-6-7-12(14)15-8-13-9-16-19(17-10-13)18-11-13/h2-11H2,1H3. The molecule has 6 heteroatoms. The molecule has 3 rings (SSSR count). The fraction of sp³-hybridized carbons (Fsp3) is 0.923. The van der Waals surface area contributed by atoms with Crippen LogP contribution in [0.4, 0.5) is 0 Å². The molecule has 3 heterocycles. The van der Waals surface area contributed by atoms with Crippen molar-refractivity contribution in [1.29, 1.82) is 0 Å². The molecule has 0 aromatic carbocycles. The summed E-state index contributed by atoms with van der Waals surface area (Å²) in [7, 11) is -1.12. The summed E-state index contributed by atoms with van der Waals surface area (Å²) in [6, 6.07) is 0. The van der Waals surface area contributed by atoms with E-state index in [-0.39, 0.29) is 11.4 Å². The smallest absolute Gasteiger partial charge is 0.332 e. The number of ether oxygens (including phenoxy) is 1. The third-order valence-corrected chi connectivity index (χ3v) is 4.47. The Kier molecular flexibility index (Phi) is 6.02. The minimum atomic E-state index is -1.12. The number of rotatable bonds is 8. The molecular weight excluding hydrogens is 267 g/mol. The van der Waals surface area contributed by atoms with Gasteiger partial charge in [-0.3, -0.25) is 4.79 Å². The van der Waals surface area contributed by atoms with Crippen molar-refractivity contribution >= 4 is 14.6 Å². The molecule has 2 bridgehead atoms. The zero-order valence-corrected chi connectivity index (χ0v) is 12.5. The van der Waals surface area contributed by atoms with Crippen molar-refractivity contribution in [3.8, 4) is 0 Å². The van der Waals surface area contributed by atoms with Crippen LogP contribution in [0.25, 0.3) is 0 Å². The summed E-state index contributed by atoms with van der Waals surface area (Å²) < 4.78 is 21.4. The predicted octanol–water partition coefficient (Wildman–Crippen LogP) is 3.18. The van der Waals surface area contributed by atoms with Gasteiger partial charge in [-0.1, -0.05) is 32.6 Å². The van der Waals surface area contributed by atoms with Gasteiger partial charge in [-0.05, 0) is 6.42 Å². The SMILES string of the molecule is CCCCCCCC(=O)OCC12COP(OC1)OC2. The highest BCUT2D eigenvalue weighted by atomic mass is 31.2. The van der Waals surface area contributed by atoms with Crippen molar-refractivity contribution in [2.75, 3.05) is 26.4 Å². The Balaban J connectivity index is 1.58. The lowest BCUT2D eigenvalue weighted by Crippen LogP contribution is -2.47. The molecule has 5 nitrogen and oxygen atoms in total. The molecule has 0 atom stereocenters. The van der Waals surface area contributed by atoms with E-state index >= 15 is 0 Å². The molecule has 0 aliphatic carbocycles. The van der Waals surface area contributed by atoms with Gasteiger partial charge in [0.15, 0.2) is 0 Å². The second-order valence-electron chi connectivity index (χ2n) is 5.37. The lowest BCUT2D eigenvalue weighted by molar-refractivity contribution is -0.157. The Morgan fingerprint density at radius 1 is 1.11 bits per heavy atom. The fourth-order valence-corrected chi connectivity index (χ4v) is 3.47. The maximum absolute atomic E-state index is 11.6. The van der Waals surface area contributed by atoms with Crippen molar-refractivity contribution < 1.29 is 23.1 Å². The van der Waals surface area contributed by atoms with Crippen LogP contribution in [-0.2, 0) is 23.1 Å². The van der Waals surface area contributed by atoms with Gasteiger partial charge in [0, 0.05) is 6.42 Å². The van der Waals surface area contributed by atoms with Crippen LogP contribution in [0.5, 0.6) is 0 Å². The highest BCUT2D eigenvalue weighted by molar-refractivity contribution is 7.41. The molecule has 0 unspecified atom stereocenters. The van der Waals surface area contributed by atoms with Gasteiger partial charge in [0.1, 0.15) is 6.61 Å². The van der Waals surface area contributed by atoms with Crippen LogP contribution < -0.4 is 0 Å². The summed E-state index contributed by atoms with van der Waals surface area (Å²) >= 11 is 0. The first-order chi connectivity index (χ1) is 9.24. The average Bonchev–Trinajstić information content (AvgIpc) is 2.47. The highest BCUT2D eigenvalue weighted by Gasteiger charge is 2.45. The molecular formula is C13H23O5P. The van der Waals surface area contributed by atoms with Crippen LogP contribution in [0.3, 0.4) is 0 Å². The van der Waals surface area contributed by atoms with Crippen LogP contribution in [0, 0.1) is 5.41 Å². The minimum Gasteiger partial charge on any atom is -0.465 e. The molecule has 110 valence electrons. The largest absolute Gasteiger partial charge is 0.465 e. The molecule has 0 radical (unpaired) electrons. The molecule has 3 aliphatic heterocycles. The predicted molar refractivity (Wildman–Crippen MR) is 71.5 cm³/mol. The van der Waals surface area contributed by atoms with Crippen LogP contribution in [0.1, 0.15) is 45.4 Å². The topological polar surface area (TPSA) is 54.0 Å². The van der Waals surface area contributed by atoms with Crippen LogP contribution >= 0.6 is 8.60 Å². The average molecular weight is 290 g/mol. The van der Waals surface area contributed by atoms with Gasteiger partial charge in [0.25, 0.3) is 0 Å². The Morgan fingerprint density at radius 2 is 1.74 bits per heavy atom. The highest BCUT2D eigenvalue weighted by Crippen LogP contribution is 2.53. The molecule has 0 N–H and O–H groups in total. The zero-order chi connectivity index (χ0) is 13.6. The maximum atomic E-state index is 11.6. The summed E-state index contributed by atoms with van der Waals surface area (Å²) in [6.45, 7) is 4.23. The van der Waals surface area contributed by atoms with Gasteiger partial charge in [-0.2, -0.15) is 0 Å². The third kappa shape index (κ3) is 4.67. The van der Waals surface area contributed by atoms with Crippen LogP contribution in [-0.4, -0.2) is 32.4 Å². The molecule has 0 aromatic rings. The summed E-state index contributed by atoms with van der Waals surface area (Å²) in [5.41, 5.74) is -0.283. The van der Waals surface area contributed by atoms with E-state index in [1.54, 1.807) is 0 Å². The van der Waals surface area contributed by atoms with Gasteiger partial charge in [0.05, 0.1) is 25.2 Å². The van der Waals surface area contributed by atoms with Crippen LogP contribution in [0.2, 0.25) is 0 Å². The van der Waals surface area contributed by atoms with Crippen molar-refractivity contribution in [3.05, 3.63) is 0 Å². The van der Waals surface area contributed by atoms with Crippen LogP contribution in [0.15, 0.2) is 0 Å². The van der Waals surface area contributed by atoms with Crippen molar-refractivity contribution in [1.82, 2.24) is 0 Å². The number of hydrogen-bond donors (Lipinski definition) is 0. The second kappa shape index (κ2) is 7.53. The molecule has 0 saturated carbocycles. The number of carbonyl (C=O) groups is 1. The van der Waals surface area contributed by atoms with E-state index in [4.69, 9.17) is 18.3 Å². The van der Waals surface area contributed by atoms with E-state index in [1.807, 2.05) is 0 Å². The number of unbranched alkanes of at least 4 members (excludes halogenated alkanes) is 4. The Morgan fingerprint density at radius 3 is 2.37 bits per heavy atom. The van der Waals surface area contributed by atoms with Gasteiger partial charge in [0.2, 0.25) is 0 Å². The molecule has 19 heavy (non-hydrogen) atoms. The van der Waals surface area contributed by atoms with E-state index in [0.717, 1.165) is 12.8 Å². The minimum absolute atomic E-state index is 0.121. The fourth-order valence-electron chi connectivity index (χ4n) is 2.11. The Hall–Kier alpha value is -0.220. The second-order valence-corrected chi connectivity index (χ2v) is 6.59. The zero-order valence-electron chi connectivity index (χ0n) is 11.6. The first-order valence-electron chi connectivity index (χ1n) is 7.09. The van der Waals surface area contributed by atoms with Gasteiger partial charge in [-0.25, -0.2) is 0 Å². The summed E-state index contributed by atoms with van der Waals surface area (Å²) in [5.74, 6) is -0.121. The molecule has 0 amide bonds. The summed E-state index contributed by atoms with van der Waals surface area (Å²) in [5, 5.41) is 0. The summed E-state index contributed by atoms with van der Waals surface area (Å²) in [4.78, 5) is 11.6. The molecule has 0 spiro atoms. The van der Waals surface area contributed by atoms with E-state index < -0.39 is 8.60 Å². The first kappa shape index (κ1) is 15.2. The molecule has 3 saturated heterocycles. The Bertz CT molecular complexity index is 275. The first-order valence-corrected chi connectivity index (χ1v) is 8.18. The van der Waals surface area contributed by atoms with Crippen molar-refractivity contribution in [2.45, 2.75) is 45.4 Å². The van der Waals surface area contributed by atoms with E-state index in [9.17, 15) is 4.79 Å². The number of esters is 1. The van der Waals surface area contributed by atoms with Gasteiger partial charge in [-0.15, -0.1) is 0 Å². The lowest BCUT2D eigenvalue weighted by Gasteiger charge is -2.43. The molecule has 3 aliphatic rings. The van der Waals surface area contributed by atoms with E-state index in [1.165, 1.54) is 19.3 Å². The van der Waals surface area contributed by atoms with Gasteiger partial charge >= 0.3 is 14.6 Å². The number of hydrogen-bond acceptors (Lipinski definition) is 5. The molecule has 0 aromatic heterocycles. The number of carbonyl (C=O) groups excluding carboxylic acids is 1. The lowest BCUT2D eigenvalue weighted by atomic mass is 9.92. The monoisotopic (exact) mass is 290 g/mol. The van der Waals surface area contributed by atoms with Gasteiger partial charge < -0.3 is 18.3 Å². The molecule has 3 fully saturated rings. The quantitative estimate of drug-likeness (QED) is 0.390. The Labute approximate surface area is 115 Å². The summed E-state index contributed by atoms with van der Waals surface area (Å²) in [6.07, 6.45) is 6.19. The van der Waals surface area contributed by atoms with Crippen molar-refractivity contribution in [3.63, 3.8) is 0 Å². The van der Waals surface area contributed by atoms with E-state index in [2.05, 4.69) is 6.92 Å². The number of fused-ring (bicyclic) bond motifs is 3. The normalized spacial score (nSPS) is 29.4. The van der Waals surface area contributed by atoms with E-state index in [0.29, 0.717) is 32.8 Å². The van der Waals surface area contributed by atoms with Crippen molar-refractivity contribution in [2.24, 2.45) is 5.41 Å². The third-order valence-electron chi connectivity index (χ3n) is 3.45. The maximum Gasteiger partial charge on any atom is 0.332 e.